The lowest BCUT2D eigenvalue weighted by molar-refractivity contribution is -0.164. The summed E-state index contributed by atoms with van der Waals surface area (Å²) in [6, 6.07) is 9.19. The fraction of sp³-hybridized carbons (Fsp3) is 0.438. The number of carboxylic acids is 2. The van der Waals surface area contributed by atoms with Gasteiger partial charge in [0.15, 0.2) is 0 Å². The number of hydrogen-bond donors (Lipinski definition) is 2. The van der Waals surface area contributed by atoms with Crippen LogP contribution < -0.4 is 0 Å². The van der Waals surface area contributed by atoms with Gasteiger partial charge in [0, 0.05) is 12.8 Å². The Kier molecular flexibility index (Phi) is 5.14. The lowest BCUT2D eigenvalue weighted by Gasteiger charge is -2.41. The highest BCUT2D eigenvalue weighted by molar-refractivity contribution is 5.77. The van der Waals surface area contributed by atoms with E-state index >= 15 is 0 Å². The minimum atomic E-state index is -1.03. The smallest absolute Gasteiger partial charge is 0.309 e. The van der Waals surface area contributed by atoms with Crippen LogP contribution in [0.5, 0.6) is 0 Å². The SMILES string of the molecule is O=C(O)CC1CC(C(=O)OCc2ccccc2)C1CC(=O)O. The van der Waals surface area contributed by atoms with Gasteiger partial charge in [0.1, 0.15) is 6.61 Å². The van der Waals surface area contributed by atoms with Crippen LogP contribution in [0.25, 0.3) is 0 Å². The fourth-order valence-corrected chi connectivity index (χ4v) is 2.88. The first-order valence-corrected chi connectivity index (χ1v) is 7.11. The molecule has 6 nitrogen and oxygen atoms in total. The van der Waals surface area contributed by atoms with Crippen LogP contribution in [0.4, 0.5) is 0 Å². The van der Waals surface area contributed by atoms with Gasteiger partial charge in [-0.15, -0.1) is 0 Å². The van der Waals surface area contributed by atoms with Crippen LogP contribution in [0.3, 0.4) is 0 Å². The summed E-state index contributed by atoms with van der Waals surface area (Å²) in [5, 5.41) is 17.7. The Morgan fingerprint density at radius 3 is 2.27 bits per heavy atom. The summed E-state index contributed by atoms with van der Waals surface area (Å²) in [5.41, 5.74) is 0.854. The van der Waals surface area contributed by atoms with Gasteiger partial charge in [-0.25, -0.2) is 0 Å². The fourth-order valence-electron chi connectivity index (χ4n) is 2.88. The second kappa shape index (κ2) is 7.06. The topological polar surface area (TPSA) is 101 Å². The van der Waals surface area contributed by atoms with Gasteiger partial charge < -0.3 is 14.9 Å². The number of rotatable bonds is 7. The maximum Gasteiger partial charge on any atom is 0.309 e. The summed E-state index contributed by atoms with van der Waals surface area (Å²) in [6.45, 7) is 0.138. The normalized spacial score (nSPS) is 23.4. The van der Waals surface area contributed by atoms with Crippen molar-refractivity contribution in [2.45, 2.75) is 25.9 Å². The summed E-state index contributed by atoms with van der Waals surface area (Å²) in [4.78, 5) is 33.7. The molecule has 1 aliphatic carbocycles. The Morgan fingerprint density at radius 2 is 1.68 bits per heavy atom. The van der Waals surface area contributed by atoms with Gasteiger partial charge in [0.2, 0.25) is 0 Å². The molecule has 1 saturated carbocycles. The van der Waals surface area contributed by atoms with Gasteiger partial charge in [-0.05, 0) is 23.8 Å². The number of ether oxygens (including phenoxy) is 1. The first-order valence-electron chi connectivity index (χ1n) is 7.11. The first-order chi connectivity index (χ1) is 10.5. The number of carboxylic acid groups (broad SMARTS) is 2. The number of benzene rings is 1. The van der Waals surface area contributed by atoms with Crippen molar-refractivity contribution in [2.75, 3.05) is 0 Å². The van der Waals surface area contributed by atoms with Gasteiger partial charge in [-0.3, -0.25) is 14.4 Å². The molecule has 1 aromatic carbocycles. The Hall–Kier alpha value is -2.37. The zero-order chi connectivity index (χ0) is 16.1. The molecule has 118 valence electrons. The van der Waals surface area contributed by atoms with Gasteiger partial charge in [0.05, 0.1) is 5.92 Å². The number of carbonyl (C=O) groups excluding carboxylic acids is 1. The van der Waals surface area contributed by atoms with E-state index in [1.54, 1.807) is 0 Å². The third-order valence-electron chi connectivity index (χ3n) is 4.05. The number of carbonyl (C=O) groups is 3. The van der Waals surface area contributed by atoms with E-state index in [0.717, 1.165) is 5.56 Å². The van der Waals surface area contributed by atoms with Crippen molar-refractivity contribution in [3.63, 3.8) is 0 Å². The molecular formula is C16H18O6. The Balaban J connectivity index is 1.90. The van der Waals surface area contributed by atoms with Crippen LogP contribution in [-0.2, 0) is 25.7 Å². The largest absolute Gasteiger partial charge is 0.481 e. The van der Waals surface area contributed by atoms with Crippen LogP contribution in [0, 0.1) is 17.8 Å². The predicted octanol–water partition coefficient (Wildman–Crippen LogP) is 1.93. The zero-order valence-electron chi connectivity index (χ0n) is 12.0. The highest BCUT2D eigenvalue weighted by Crippen LogP contribution is 2.45. The van der Waals surface area contributed by atoms with Crippen molar-refractivity contribution in [1.82, 2.24) is 0 Å². The van der Waals surface area contributed by atoms with Crippen LogP contribution in [0.1, 0.15) is 24.8 Å². The van der Waals surface area contributed by atoms with Crippen molar-refractivity contribution >= 4 is 17.9 Å². The lowest BCUT2D eigenvalue weighted by atomic mass is 9.62. The van der Waals surface area contributed by atoms with E-state index in [1.807, 2.05) is 30.3 Å². The van der Waals surface area contributed by atoms with Crippen LogP contribution in [0.15, 0.2) is 30.3 Å². The van der Waals surface area contributed by atoms with Crippen LogP contribution in [0.2, 0.25) is 0 Å². The Morgan fingerprint density at radius 1 is 1.05 bits per heavy atom. The molecule has 0 radical (unpaired) electrons. The van der Waals surface area contributed by atoms with Gasteiger partial charge in [0.25, 0.3) is 0 Å². The highest BCUT2D eigenvalue weighted by Gasteiger charge is 2.47. The van der Waals surface area contributed by atoms with E-state index in [0.29, 0.717) is 6.42 Å². The van der Waals surface area contributed by atoms with Crippen LogP contribution in [-0.4, -0.2) is 28.1 Å². The minimum Gasteiger partial charge on any atom is -0.481 e. The van der Waals surface area contributed by atoms with Crippen molar-refractivity contribution in [3.8, 4) is 0 Å². The quantitative estimate of drug-likeness (QED) is 0.746. The molecule has 0 aromatic heterocycles. The van der Waals surface area contributed by atoms with Gasteiger partial charge in [-0.2, -0.15) is 0 Å². The number of esters is 1. The summed E-state index contributed by atoms with van der Waals surface area (Å²) < 4.78 is 5.22. The van der Waals surface area contributed by atoms with Crippen molar-refractivity contribution < 1.29 is 29.3 Å². The molecule has 2 N–H and O–H groups in total. The zero-order valence-corrected chi connectivity index (χ0v) is 12.0. The predicted molar refractivity (Wildman–Crippen MR) is 75.8 cm³/mol. The van der Waals surface area contributed by atoms with Crippen molar-refractivity contribution in [2.24, 2.45) is 17.8 Å². The summed E-state index contributed by atoms with van der Waals surface area (Å²) in [7, 11) is 0. The molecular weight excluding hydrogens is 288 g/mol. The summed E-state index contributed by atoms with van der Waals surface area (Å²) >= 11 is 0. The molecule has 2 rings (SSSR count). The molecule has 1 aliphatic rings. The summed E-state index contributed by atoms with van der Waals surface area (Å²) in [6.07, 6.45) is 0.0569. The number of aliphatic carboxylic acids is 2. The molecule has 3 unspecified atom stereocenters. The van der Waals surface area contributed by atoms with E-state index in [-0.39, 0.29) is 25.4 Å². The average molecular weight is 306 g/mol. The third-order valence-corrected chi connectivity index (χ3v) is 4.05. The molecule has 0 aliphatic heterocycles. The Bertz CT molecular complexity index is 553. The molecule has 1 aromatic rings. The maximum absolute atomic E-state index is 12.1. The van der Waals surface area contributed by atoms with Crippen molar-refractivity contribution in [3.05, 3.63) is 35.9 Å². The molecule has 0 amide bonds. The molecule has 0 bridgehead atoms. The van der Waals surface area contributed by atoms with Crippen molar-refractivity contribution in [1.29, 1.82) is 0 Å². The molecule has 0 saturated heterocycles. The summed E-state index contributed by atoms with van der Waals surface area (Å²) in [5.74, 6) is -3.71. The van der Waals surface area contributed by atoms with E-state index in [4.69, 9.17) is 14.9 Å². The van der Waals surface area contributed by atoms with Gasteiger partial charge in [-0.1, -0.05) is 30.3 Å². The molecule has 22 heavy (non-hydrogen) atoms. The first kappa shape index (κ1) is 16.0. The van der Waals surface area contributed by atoms with Gasteiger partial charge >= 0.3 is 17.9 Å². The van der Waals surface area contributed by atoms with E-state index in [9.17, 15) is 14.4 Å². The molecule has 3 atom stereocenters. The average Bonchev–Trinajstić information content (AvgIpc) is 2.47. The minimum absolute atomic E-state index is 0.111. The van der Waals surface area contributed by atoms with E-state index in [1.165, 1.54) is 0 Å². The van der Waals surface area contributed by atoms with E-state index in [2.05, 4.69) is 0 Å². The standard InChI is InChI=1S/C16H18O6/c17-14(18)7-11-6-13(12(11)8-15(19)20)16(21)22-9-10-4-2-1-3-5-10/h1-5,11-13H,6-9H2,(H,17,18)(H,19,20). The lowest BCUT2D eigenvalue weighted by Crippen LogP contribution is -2.44. The second-order valence-corrected chi connectivity index (χ2v) is 5.56. The maximum atomic E-state index is 12.1. The number of hydrogen-bond acceptors (Lipinski definition) is 4. The molecule has 6 heteroatoms. The van der Waals surface area contributed by atoms with E-state index < -0.39 is 29.7 Å². The molecule has 0 spiro atoms. The van der Waals surface area contributed by atoms with Crippen LogP contribution >= 0.6 is 0 Å². The Labute approximate surface area is 127 Å². The highest BCUT2D eigenvalue weighted by atomic mass is 16.5. The molecule has 1 fully saturated rings. The monoisotopic (exact) mass is 306 g/mol. The molecule has 0 heterocycles. The third kappa shape index (κ3) is 4.07. The second-order valence-electron chi connectivity index (χ2n) is 5.56.